The van der Waals surface area contributed by atoms with Crippen LogP contribution in [0.3, 0.4) is 0 Å². The Morgan fingerprint density at radius 3 is 2.89 bits per heavy atom. The van der Waals surface area contributed by atoms with Crippen LogP contribution in [-0.2, 0) is 6.54 Å². The summed E-state index contributed by atoms with van der Waals surface area (Å²) in [5.41, 5.74) is 6.02. The normalized spacial score (nSPS) is 19.3. The van der Waals surface area contributed by atoms with Crippen molar-refractivity contribution < 1.29 is 5.11 Å². The number of aliphatic hydroxyl groups is 1. The molecule has 0 saturated carbocycles. The topological polar surface area (TPSA) is 49.5 Å². The molecule has 0 aliphatic carbocycles. The molecule has 0 bridgehead atoms. The zero-order valence-electron chi connectivity index (χ0n) is 10.8. The van der Waals surface area contributed by atoms with E-state index in [1.165, 1.54) is 4.88 Å². The quantitative estimate of drug-likeness (QED) is 0.794. The Morgan fingerprint density at radius 2 is 2.22 bits per heavy atom. The van der Waals surface area contributed by atoms with Crippen molar-refractivity contribution in [1.29, 1.82) is 0 Å². The van der Waals surface area contributed by atoms with Crippen molar-refractivity contribution >= 4 is 11.3 Å². The molecule has 0 radical (unpaired) electrons. The van der Waals surface area contributed by atoms with Gasteiger partial charge in [0.05, 0.1) is 12.1 Å². The molecule has 1 aromatic heterocycles. The summed E-state index contributed by atoms with van der Waals surface area (Å²) in [6.07, 6.45) is 1.70. The minimum atomic E-state index is -0.478. The summed E-state index contributed by atoms with van der Waals surface area (Å²) >= 11 is 1.75. The lowest BCUT2D eigenvalue weighted by atomic mass is 9.94. The van der Waals surface area contributed by atoms with Crippen LogP contribution in [0.5, 0.6) is 0 Å². The van der Waals surface area contributed by atoms with Crippen LogP contribution in [-0.4, -0.2) is 35.2 Å². The fourth-order valence-corrected chi connectivity index (χ4v) is 2.99. The molecule has 0 aromatic carbocycles. The fraction of sp³-hybridized carbons (Fsp3) is 0.571. The third-order valence-electron chi connectivity index (χ3n) is 3.37. The van der Waals surface area contributed by atoms with E-state index in [-0.39, 0.29) is 0 Å². The standard InChI is InChI=1S/C14H20N2OS/c1-14(17)5-8-16(9-6-14)11-13-12(3-2-7-15)4-10-18-13/h4,10,17H,5-9,11,15H2,1H3. The van der Waals surface area contributed by atoms with E-state index in [4.69, 9.17) is 5.73 Å². The number of nitrogens with two attached hydrogens (primary N) is 1. The molecule has 18 heavy (non-hydrogen) atoms. The Bertz CT molecular complexity index is 446. The van der Waals surface area contributed by atoms with Crippen molar-refractivity contribution in [3.8, 4) is 11.8 Å². The highest BCUT2D eigenvalue weighted by atomic mass is 32.1. The maximum absolute atomic E-state index is 9.93. The van der Waals surface area contributed by atoms with Gasteiger partial charge in [0.15, 0.2) is 0 Å². The van der Waals surface area contributed by atoms with Crippen LogP contribution in [0.1, 0.15) is 30.2 Å². The van der Waals surface area contributed by atoms with E-state index in [2.05, 4.69) is 28.2 Å². The maximum Gasteiger partial charge on any atom is 0.0644 e. The second kappa shape index (κ2) is 5.85. The number of hydrogen-bond donors (Lipinski definition) is 2. The minimum Gasteiger partial charge on any atom is -0.390 e. The van der Waals surface area contributed by atoms with Gasteiger partial charge < -0.3 is 10.8 Å². The van der Waals surface area contributed by atoms with Gasteiger partial charge in [0, 0.05) is 30.1 Å². The van der Waals surface area contributed by atoms with Crippen LogP contribution in [0.25, 0.3) is 0 Å². The van der Waals surface area contributed by atoms with Gasteiger partial charge in [-0.05, 0) is 31.2 Å². The molecule has 1 fully saturated rings. The van der Waals surface area contributed by atoms with E-state index in [0.717, 1.165) is 38.0 Å². The van der Waals surface area contributed by atoms with E-state index in [1.807, 2.05) is 6.92 Å². The van der Waals surface area contributed by atoms with Gasteiger partial charge in [0.25, 0.3) is 0 Å². The molecule has 0 amide bonds. The Hall–Kier alpha value is -0.860. The highest BCUT2D eigenvalue weighted by Gasteiger charge is 2.27. The van der Waals surface area contributed by atoms with Crippen molar-refractivity contribution in [3.05, 3.63) is 21.9 Å². The highest BCUT2D eigenvalue weighted by molar-refractivity contribution is 7.10. The molecule has 3 N–H and O–H groups in total. The molecule has 2 rings (SSSR count). The van der Waals surface area contributed by atoms with Gasteiger partial charge in [-0.3, -0.25) is 4.90 Å². The Kier molecular flexibility index (Phi) is 4.41. The van der Waals surface area contributed by atoms with Gasteiger partial charge in [0.1, 0.15) is 0 Å². The average Bonchev–Trinajstić information content (AvgIpc) is 2.77. The maximum atomic E-state index is 9.93. The Morgan fingerprint density at radius 1 is 1.50 bits per heavy atom. The van der Waals surface area contributed by atoms with E-state index in [0.29, 0.717) is 6.54 Å². The first-order chi connectivity index (χ1) is 8.61. The average molecular weight is 264 g/mol. The van der Waals surface area contributed by atoms with Crippen molar-refractivity contribution in [2.45, 2.75) is 31.9 Å². The minimum absolute atomic E-state index is 0.405. The second-order valence-corrected chi connectivity index (χ2v) is 6.04. The SMILES string of the molecule is CC1(O)CCN(Cc2sccc2C#CCN)CC1. The van der Waals surface area contributed by atoms with Crippen LogP contribution in [0.4, 0.5) is 0 Å². The van der Waals surface area contributed by atoms with Crippen LogP contribution in [0, 0.1) is 11.8 Å². The van der Waals surface area contributed by atoms with Gasteiger partial charge in [-0.15, -0.1) is 11.3 Å². The summed E-state index contributed by atoms with van der Waals surface area (Å²) in [4.78, 5) is 3.69. The lowest BCUT2D eigenvalue weighted by Gasteiger charge is -2.35. The Labute approximate surface area is 113 Å². The summed E-state index contributed by atoms with van der Waals surface area (Å²) in [5, 5.41) is 12.0. The van der Waals surface area contributed by atoms with Gasteiger partial charge in [-0.25, -0.2) is 0 Å². The molecular formula is C14H20N2OS. The molecular weight excluding hydrogens is 244 g/mol. The first kappa shape index (κ1) is 13.6. The lowest BCUT2D eigenvalue weighted by molar-refractivity contribution is -0.00707. The molecule has 98 valence electrons. The molecule has 1 aliphatic rings. The van der Waals surface area contributed by atoms with Gasteiger partial charge in [0.2, 0.25) is 0 Å². The van der Waals surface area contributed by atoms with E-state index in [9.17, 15) is 5.11 Å². The molecule has 0 spiro atoms. The summed E-state index contributed by atoms with van der Waals surface area (Å²) < 4.78 is 0. The molecule has 1 aromatic rings. The van der Waals surface area contributed by atoms with E-state index < -0.39 is 5.60 Å². The number of likely N-dealkylation sites (tertiary alicyclic amines) is 1. The summed E-state index contributed by atoms with van der Waals surface area (Å²) in [6.45, 7) is 5.17. The first-order valence-electron chi connectivity index (χ1n) is 6.31. The lowest BCUT2D eigenvalue weighted by Crippen LogP contribution is -2.41. The molecule has 0 unspecified atom stereocenters. The van der Waals surface area contributed by atoms with E-state index >= 15 is 0 Å². The highest BCUT2D eigenvalue weighted by Crippen LogP contribution is 2.24. The largest absolute Gasteiger partial charge is 0.390 e. The monoisotopic (exact) mass is 264 g/mol. The van der Waals surface area contributed by atoms with Crippen LogP contribution >= 0.6 is 11.3 Å². The number of nitrogens with zero attached hydrogens (tertiary/aromatic N) is 1. The van der Waals surface area contributed by atoms with Crippen molar-refractivity contribution in [3.63, 3.8) is 0 Å². The molecule has 1 saturated heterocycles. The zero-order chi connectivity index (χ0) is 13.0. The van der Waals surface area contributed by atoms with Crippen LogP contribution in [0.2, 0.25) is 0 Å². The first-order valence-corrected chi connectivity index (χ1v) is 7.19. The van der Waals surface area contributed by atoms with E-state index in [1.54, 1.807) is 11.3 Å². The Balaban J connectivity index is 1.96. The smallest absolute Gasteiger partial charge is 0.0644 e. The molecule has 0 atom stereocenters. The fourth-order valence-electron chi connectivity index (χ4n) is 2.12. The number of hydrogen-bond acceptors (Lipinski definition) is 4. The molecule has 1 aliphatic heterocycles. The van der Waals surface area contributed by atoms with Gasteiger partial charge in [-0.1, -0.05) is 11.8 Å². The van der Waals surface area contributed by atoms with Crippen LogP contribution < -0.4 is 5.73 Å². The summed E-state index contributed by atoms with van der Waals surface area (Å²) in [5.74, 6) is 6.03. The molecule has 2 heterocycles. The number of rotatable bonds is 2. The van der Waals surface area contributed by atoms with Crippen LogP contribution in [0.15, 0.2) is 11.4 Å². The van der Waals surface area contributed by atoms with Crippen molar-refractivity contribution in [2.75, 3.05) is 19.6 Å². The summed E-state index contributed by atoms with van der Waals surface area (Å²) in [6, 6.07) is 2.06. The predicted molar refractivity (Wildman–Crippen MR) is 75.4 cm³/mol. The predicted octanol–water partition coefficient (Wildman–Crippen LogP) is 1.41. The summed E-state index contributed by atoms with van der Waals surface area (Å²) in [7, 11) is 0. The number of piperidine rings is 1. The van der Waals surface area contributed by atoms with Crippen molar-refractivity contribution in [1.82, 2.24) is 4.90 Å². The van der Waals surface area contributed by atoms with Gasteiger partial charge >= 0.3 is 0 Å². The zero-order valence-corrected chi connectivity index (χ0v) is 11.6. The number of thiophene rings is 1. The third kappa shape index (κ3) is 3.56. The molecule has 4 heteroatoms. The van der Waals surface area contributed by atoms with Crippen molar-refractivity contribution in [2.24, 2.45) is 5.73 Å². The van der Waals surface area contributed by atoms with Gasteiger partial charge in [-0.2, -0.15) is 0 Å². The second-order valence-electron chi connectivity index (χ2n) is 5.04. The third-order valence-corrected chi connectivity index (χ3v) is 4.28. The molecule has 3 nitrogen and oxygen atoms in total.